The predicted molar refractivity (Wildman–Crippen MR) is 68.4 cm³/mol. The SMILES string of the molecule is CCNC(CC)C(C)OCc1ccccc1. The van der Waals surface area contributed by atoms with Gasteiger partial charge in [0, 0.05) is 6.04 Å². The molecule has 0 aliphatic heterocycles. The van der Waals surface area contributed by atoms with E-state index in [0.29, 0.717) is 12.6 Å². The third-order valence-corrected chi connectivity index (χ3v) is 2.83. The highest BCUT2D eigenvalue weighted by molar-refractivity contribution is 5.13. The van der Waals surface area contributed by atoms with Crippen LogP contribution in [0.15, 0.2) is 30.3 Å². The second kappa shape index (κ2) is 7.42. The van der Waals surface area contributed by atoms with Crippen LogP contribution >= 0.6 is 0 Å². The van der Waals surface area contributed by atoms with Crippen LogP contribution in [0.5, 0.6) is 0 Å². The molecule has 0 aromatic heterocycles. The Labute approximate surface area is 99.0 Å². The standard InChI is InChI=1S/C14H23NO/c1-4-14(15-5-2)12(3)16-11-13-9-7-6-8-10-13/h6-10,12,14-15H,4-5,11H2,1-3H3. The first-order chi connectivity index (χ1) is 7.77. The van der Waals surface area contributed by atoms with Crippen molar-refractivity contribution in [1.82, 2.24) is 5.32 Å². The Hall–Kier alpha value is -0.860. The van der Waals surface area contributed by atoms with E-state index in [1.165, 1.54) is 5.56 Å². The number of hydrogen-bond donors (Lipinski definition) is 1. The molecule has 0 fully saturated rings. The Bertz CT molecular complexity index is 273. The van der Waals surface area contributed by atoms with Crippen LogP contribution in [-0.2, 0) is 11.3 Å². The Morgan fingerprint density at radius 3 is 2.44 bits per heavy atom. The molecular weight excluding hydrogens is 198 g/mol. The van der Waals surface area contributed by atoms with E-state index in [2.05, 4.69) is 38.2 Å². The van der Waals surface area contributed by atoms with Crippen molar-refractivity contribution >= 4 is 0 Å². The average Bonchev–Trinajstić information content (AvgIpc) is 2.34. The fraction of sp³-hybridized carbons (Fsp3) is 0.571. The summed E-state index contributed by atoms with van der Waals surface area (Å²) in [6.07, 6.45) is 1.36. The number of likely N-dealkylation sites (N-methyl/N-ethyl adjacent to an activating group) is 1. The molecule has 1 N–H and O–H groups in total. The van der Waals surface area contributed by atoms with Crippen molar-refractivity contribution in [2.75, 3.05) is 6.54 Å². The second-order valence-electron chi connectivity index (χ2n) is 4.07. The Balaban J connectivity index is 2.36. The molecule has 0 saturated carbocycles. The summed E-state index contributed by atoms with van der Waals surface area (Å²) in [5.41, 5.74) is 1.24. The van der Waals surface area contributed by atoms with Gasteiger partial charge in [-0.1, -0.05) is 44.2 Å². The normalized spacial score (nSPS) is 14.7. The zero-order valence-corrected chi connectivity index (χ0v) is 10.6. The Kier molecular flexibility index (Phi) is 6.12. The van der Waals surface area contributed by atoms with Crippen LogP contribution in [0.4, 0.5) is 0 Å². The lowest BCUT2D eigenvalue weighted by Gasteiger charge is -2.23. The van der Waals surface area contributed by atoms with E-state index >= 15 is 0 Å². The number of benzene rings is 1. The lowest BCUT2D eigenvalue weighted by molar-refractivity contribution is 0.0265. The van der Waals surface area contributed by atoms with Crippen LogP contribution in [0.2, 0.25) is 0 Å². The third-order valence-electron chi connectivity index (χ3n) is 2.83. The molecule has 0 amide bonds. The van der Waals surface area contributed by atoms with Crippen molar-refractivity contribution in [3.05, 3.63) is 35.9 Å². The molecule has 1 rings (SSSR count). The van der Waals surface area contributed by atoms with E-state index in [9.17, 15) is 0 Å². The Morgan fingerprint density at radius 1 is 1.19 bits per heavy atom. The topological polar surface area (TPSA) is 21.3 Å². The quantitative estimate of drug-likeness (QED) is 0.764. The van der Waals surface area contributed by atoms with Crippen molar-refractivity contribution in [3.63, 3.8) is 0 Å². The van der Waals surface area contributed by atoms with Gasteiger partial charge in [0.1, 0.15) is 0 Å². The summed E-state index contributed by atoms with van der Waals surface area (Å²) in [6, 6.07) is 10.8. The van der Waals surface area contributed by atoms with E-state index in [0.717, 1.165) is 13.0 Å². The maximum atomic E-state index is 5.87. The molecule has 16 heavy (non-hydrogen) atoms. The highest BCUT2D eigenvalue weighted by Gasteiger charge is 2.14. The minimum atomic E-state index is 0.255. The summed E-state index contributed by atoms with van der Waals surface area (Å²) in [7, 11) is 0. The molecule has 2 nitrogen and oxygen atoms in total. The Morgan fingerprint density at radius 2 is 1.88 bits per heavy atom. The van der Waals surface area contributed by atoms with Crippen LogP contribution in [0.25, 0.3) is 0 Å². The van der Waals surface area contributed by atoms with Crippen LogP contribution in [0.3, 0.4) is 0 Å². The molecule has 0 spiro atoms. The summed E-state index contributed by atoms with van der Waals surface area (Å²) in [5, 5.41) is 3.44. The molecular formula is C14H23NO. The molecule has 2 heteroatoms. The minimum absolute atomic E-state index is 0.255. The van der Waals surface area contributed by atoms with Crippen molar-refractivity contribution < 1.29 is 4.74 Å². The second-order valence-corrected chi connectivity index (χ2v) is 4.07. The van der Waals surface area contributed by atoms with Gasteiger partial charge in [-0.3, -0.25) is 0 Å². The van der Waals surface area contributed by atoms with Crippen LogP contribution in [0.1, 0.15) is 32.8 Å². The van der Waals surface area contributed by atoms with Gasteiger partial charge in [-0.2, -0.15) is 0 Å². The minimum Gasteiger partial charge on any atom is -0.372 e. The molecule has 2 atom stereocenters. The fourth-order valence-corrected chi connectivity index (χ4v) is 1.82. The summed E-state index contributed by atoms with van der Waals surface area (Å²) in [6.45, 7) is 8.16. The van der Waals surface area contributed by atoms with Gasteiger partial charge in [-0.05, 0) is 25.5 Å². The van der Waals surface area contributed by atoms with Gasteiger partial charge in [-0.25, -0.2) is 0 Å². The van der Waals surface area contributed by atoms with Crippen molar-refractivity contribution in [1.29, 1.82) is 0 Å². The van der Waals surface area contributed by atoms with Gasteiger partial charge < -0.3 is 10.1 Å². The first-order valence-electron chi connectivity index (χ1n) is 6.16. The summed E-state index contributed by atoms with van der Waals surface area (Å²) >= 11 is 0. The van der Waals surface area contributed by atoms with E-state index < -0.39 is 0 Å². The molecule has 0 heterocycles. The molecule has 0 radical (unpaired) electrons. The molecule has 1 aromatic carbocycles. The van der Waals surface area contributed by atoms with Crippen LogP contribution in [0, 0.1) is 0 Å². The number of nitrogens with one attached hydrogen (secondary N) is 1. The zero-order valence-electron chi connectivity index (χ0n) is 10.6. The largest absolute Gasteiger partial charge is 0.372 e. The molecule has 0 aliphatic rings. The summed E-state index contributed by atoms with van der Waals surface area (Å²) in [5.74, 6) is 0. The maximum Gasteiger partial charge on any atom is 0.0721 e. The predicted octanol–water partition coefficient (Wildman–Crippen LogP) is 2.98. The molecule has 1 aromatic rings. The first-order valence-corrected chi connectivity index (χ1v) is 6.16. The summed E-state index contributed by atoms with van der Waals surface area (Å²) < 4.78 is 5.87. The summed E-state index contributed by atoms with van der Waals surface area (Å²) in [4.78, 5) is 0. The van der Waals surface area contributed by atoms with Crippen molar-refractivity contribution in [2.45, 2.75) is 45.9 Å². The van der Waals surface area contributed by atoms with E-state index in [-0.39, 0.29) is 6.10 Å². The number of rotatable bonds is 7. The lowest BCUT2D eigenvalue weighted by atomic mass is 10.1. The van der Waals surface area contributed by atoms with E-state index in [1.807, 2.05) is 18.2 Å². The molecule has 0 aliphatic carbocycles. The molecule has 90 valence electrons. The van der Waals surface area contributed by atoms with E-state index in [1.54, 1.807) is 0 Å². The van der Waals surface area contributed by atoms with Gasteiger partial charge in [0.15, 0.2) is 0 Å². The molecule has 2 unspecified atom stereocenters. The first kappa shape index (κ1) is 13.2. The highest BCUT2D eigenvalue weighted by atomic mass is 16.5. The average molecular weight is 221 g/mol. The lowest BCUT2D eigenvalue weighted by Crippen LogP contribution is -2.39. The maximum absolute atomic E-state index is 5.87. The highest BCUT2D eigenvalue weighted by Crippen LogP contribution is 2.07. The fourth-order valence-electron chi connectivity index (χ4n) is 1.82. The van der Waals surface area contributed by atoms with Gasteiger partial charge in [-0.15, -0.1) is 0 Å². The van der Waals surface area contributed by atoms with Gasteiger partial charge in [0.25, 0.3) is 0 Å². The van der Waals surface area contributed by atoms with Gasteiger partial charge in [0.2, 0.25) is 0 Å². The van der Waals surface area contributed by atoms with Gasteiger partial charge >= 0.3 is 0 Å². The van der Waals surface area contributed by atoms with E-state index in [4.69, 9.17) is 4.74 Å². The smallest absolute Gasteiger partial charge is 0.0721 e. The monoisotopic (exact) mass is 221 g/mol. The molecule has 0 saturated heterocycles. The van der Waals surface area contributed by atoms with Gasteiger partial charge in [0.05, 0.1) is 12.7 Å². The van der Waals surface area contributed by atoms with Crippen LogP contribution in [-0.4, -0.2) is 18.7 Å². The zero-order chi connectivity index (χ0) is 11.8. The molecule has 0 bridgehead atoms. The van der Waals surface area contributed by atoms with Crippen molar-refractivity contribution in [3.8, 4) is 0 Å². The van der Waals surface area contributed by atoms with Crippen molar-refractivity contribution in [2.24, 2.45) is 0 Å². The third kappa shape index (κ3) is 4.33. The number of ether oxygens (including phenoxy) is 1. The number of hydrogen-bond acceptors (Lipinski definition) is 2. The van der Waals surface area contributed by atoms with Crippen LogP contribution < -0.4 is 5.32 Å².